The maximum atomic E-state index is 12.7. The van der Waals surface area contributed by atoms with Crippen molar-refractivity contribution in [2.24, 2.45) is 0 Å². The Morgan fingerprint density at radius 3 is 2.44 bits per heavy atom. The van der Waals surface area contributed by atoms with Crippen LogP contribution < -0.4 is 5.32 Å². The molecule has 0 radical (unpaired) electrons. The molecule has 1 fully saturated rings. The van der Waals surface area contributed by atoms with Gasteiger partial charge >= 0.3 is 5.97 Å². The predicted molar refractivity (Wildman–Crippen MR) is 104 cm³/mol. The number of hydrogen-bond acceptors (Lipinski definition) is 12. The Bertz CT molecular complexity index is 698. The number of aliphatic hydroxyl groups is 6. The number of aliphatic carboxylic acids is 1. The van der Waals surface area contributed by atoms with Gasteiger partial charge in [0, 0.05) is 25.3 Å². The third kappa shape index (κ3) is 5.94. The number of rotatable bonds is 11. The van der Waals surface area contributed by atoms with Gasteiger partial charge in [0.25, 0.3) is 0 Å². The van der Waals surface area contributed by atoms with Crippen molar-refractivity contribution in [1.82, 2.24) is 5.32 Å². The molecule has 8 N–H and O–H groups in total. The Balaban J connectivity index is 2.29. The Labute approximate surface area is 183 Å². The normalized spacial score (nSPS) is 34.3. The molecule has 1 aliphatic carbocycles. The first kappa shape index (κ1) is 26.4. The van der Waals surface area contributed by atoms with Gasteiger partial charge in [-0.05, 0) is 6.42 Å². The van der Waals surface area contributed by atoms with Crippen LogP contribution in [-0.2, 0) is 23.8 Å². The summed E-state index contributed by atoms with van der Waals surface area (Å²) in [5.41, 5.74) is -1.48. The Hall–Kier alpha value is -1.84. The third-order valence-electron chi connectivity index (χ3n) is 5.53. The van der Waals surface area contributed by atoms with E-state index in [9.17, 15) is 40.2 Å². The first-order chi connectivity index (χ1) is 15.1. The van der Waals surface area contributed by atoms with Crippen LogP contribution in [0.5, 0.6) is 0 Å². The zero-order valence-corrected chi connectivity index (χ0v) is 17.6. The molecule has 1 saturated heterocycles. The van der Waals surface area contributed by atoms with Gasteiger partial charge in [0.1, 0.15) is 30.0 Å². The summed E-state index contributed by atoms with van der Waals surface area (Å²) >= 11 is 0. The maximum absolute atomic E-state index is 12.7. The number of carboxylic acid groups (broad SMARTS) is 1. The summed E-state index contributed by atoms with van der Waals surface area (Å²) in [7, 11) is 1.26. The van der Waals surface area contributed by atoms with E-state index in [0.717, 1.165) is 0 Å². The van der Waals surface area contributed by atoms with Gasteiger partial charge in [-0.3, -0.25) is 9.59 Å². The standard InChI is InChI=1S/C19H31NO12/c1-30-16-10(20-9(6-21)2-3-13(25)26)4-19(8-23,5-11(16)24)32-17-12(7-22)31-18(29)15(28)14(17)27/h9,12,14-15,17-18,20-23,27-29H,2-8H2,1H3,(H,25,26)/t9-,12+,14+,15+,17+,18-,19?/m0/s1. The monoisotopic (exact) mass is 465 g/mol. The van der Waals surface area contributed by atoms with Crippen molar-refractivity contribution in [3.8, 4) is 0 Å². The molecule has 32 heavy (non-hydrogen) atoms. The van der Waals surface area contributed by atoms with Gasteiger partial charge in [0.2, 0.25) is 5.78 Å². The molecular weight excluding hydrogens is 434 g/mol. The van der Waals surface area contributed by atoms with E-state index in [-0.39, 0.29) is 37.1 Å². The van der Waals surface area contributed by atoms with E-state index < -0.39 is 73.9 Å². The fourth-order valence-electron chi connectivity index (χ4n) is 3.85. The van der Waals surface area contributed by atoms with Crippen molar-refractivity contribution in [2.75, 3.05) is 26.9 Å². The number of carboxylic acids is 1. The minimum atomic E-state index is -1.77. The van der Waals surface area contributed by atoms with Crippen molar-refractivity contribution in [3.63, 3.8) is 0 Å². The van der Waals surface area contributed by atoms with Gasteiger partial charge in [-0.25, -0.2) is 0 Å². The highest BCUT2D eigenvalue weighted by Crippen LogP contribution is 2.36. The van der Waals surface area contributed by atoms with Crippen molar-refractivity contribution in [1.29, 1.82) is 0 Å². The lowest BCUT2D eigenvalue weighted by Crippen LogP contribution is -2.62. The second kappa shape index (κ2) is 11.3. The van der Waals surface area contributed by atoms with Crippen LogP contribution in [-0.4, -0.2) is 117 Å². The molecule has 184 valence electrons. The van der Waals surface area contributed by atoms with Crippen molar-refractivity contribution < 1.29 is 59.5 Å². The molecule has 0 aromatic heterocycles. The quantitative estimate of drug-likeness (QED) is 0.149. The molecule has 0 aromatic rings. The number of carbonyl (C=O) groups is 2. The van der Waals surface area contributed by atoms with Gasteiger partial charge in [0.15, 0.2) is 12.0 Å². The summed E-state index contributed by atoms with van der Waals surface area (Å²) in [6.45, 7) is -1.84. The smallest absolute Gasteiger partial charge is 0.303 e. The lowest BCUT2D eigenvalue weighted by Gasteiger charge is -2.46. The SMILES string of the molecule is COC1=C(N[C@H](CO)CCC(=O)O)CC(CO)(O[C@H]2[C@H](O)[C@@H](O)[C@@H](O)O[C@@H]2CO)CC1=O. The molecule has 0 saturated carbocycles. The van der Waals surface area contributed by atoms with E-state index in [2.05, 4.69) is 5.32 Å². The topological polar surface area (TPSA) is 215 Å². The molecule has 1 aliphatic heterocycles. The molecule has 7 atom stereocenters. The molecule has 2 rings (SSSR count). The minimum Gasteiger partial charge on any atom is -0.491 e. The number of ketones is 1. The molecule has 0 aromatic carbocycles. The predicted octanol–water partition coefficient (Wildman–Crippen LogP) is -3.43. The Kier molecular flexibility index (Phi) is 9.36. The summed E-state index contributed by atoms with van der Waals surface area (Å²) in [4.78, 5) is 23.6. The average Bonchev–Trinajstić information content (AvgIpc) is 2.76. The van der Waals surface area contributed by atoms with E-state index in [4.69, 9.17) is 19.3 Å². The largest absolute Gasteiger partial charge is 0.491 e. The second-order valence-corrected chi connectivity index (χ2v) is 7.90. The number of hydrogen-bond donors (Lipinski definition) is 8. The number of nitrogens with one attached hydrogen (secondary N) is 1. The zero-order chi connectivity index (χ0) is 24.1. The van der Waals surface area contributed by atoms with Crippen LogP contribution in [0.4, 0.5) is 0 Å². The van der Waals surface area contributed by atoms with Crippen LogP contribution in [0, 0.1) is 0 Å². The molecule has 2 aliphatic rings. The lowest BCUT2D eigenvalue weighted by atomic mass is 9.84. The molecule has 13 heteroatoms. The van der Waals surface area contributed by atoms with Crippen LogP contribution in [0.2, 0.25) is 0 Å². The lowest BCUT2D eigenvalue weighted by molar-refractivity contribution is -0.312. The summed E-state index contributed by atoms with van der Waals surface area (Å²) in [6, 6.07) is -0.737. The van der Waals surface area contributed by atoms with Gasteiger partial charge in [-0.1, -0.05) is 0 Å². The molecule has 0 amide bonds. The fraction of sp³-hybridized carbons (Fsp3) is 0.789. The molecule has 0 spiro atoms. The van der Waals surface area contributed by atoms with E-state index in [1.54, 1.807) is 0 Å². The number of Topliss-reactive ketones (excluding diaryl/α,β-unsaturated/α-hetero) is 1. The van der Waals surface area contributed by atoms with Crippen molar-refractivity contribution in [2.45, 2.75) is 68.0 Å². The number of carbonyl (C=O) groups excluding carboxylic acids is 1. The second-order valence-electron chi connectivity index (χ2n) is 7.90. The molecule has 1 heterocycles. The number of allylic oxidation sites excluding steroid dienone is 1. The van der Waals surface area contributed by atoms with Crippen LogP contribution in [0.25, 0.3) is 0 Å². The summed E-state index contributed by atoms with van der Waals surface area (Å²) in [6.07, 6.45) is -8.62. The Morgan fingerprint density at radius 2 is 1.91 bits per heavy atom. The van der Waals surface area contributed by atoms with Crippen LogP contribution >= 0.6 is 0 Å². The highest BCUT2D eigenvalue weighted by molar-refractivity contribution is 5.96. The van der Waals surface area contributed by atoms with E-state index in [0.29, 0.717) is 0 Å². The maximum Gasteiger partial charge on any atom is 0.303 e. The molecule has 13 nitrogen and oxygen atoms in total. The van der Waals surface area contributed by atoms with E-state index in [1.807, 2.05) is 0 Å². The van der Waals surface area contributed by atoms with E-state index >= 15 is 0 Å². The first-order valence-electron chi connectivity index (χ1n) is 10.1. The number of ether oxygens (including phenoxy) is 3. The number of methoxy groups -OCH3 is 1. The molecule has 0 bridgehead atoms. The van der Waals surface area contributed by atoms with Gasteiger partial charge in [0.05, 0.1) is 32.6 Å². The van der Waals surface area contributed by atoms with Crippen molar-refractivity contribution in [3.05, 3.63) is 11.5 Å². The highest BCUT2D eigenvalue weighted by Gasteiger charge is 2.50. The van der Waals surface area contributed by atoms with Crippen molar-refractivity contribution >= 4 is 11.8 Å². The average molecular weight is 465 g/mol. The van der Waals surface area contributed by atoms with Crippen LogP contribution in [0.1, 0.15) is 25.7 Å². The van der Waals surface area contributed by atoms with Gasteiger partial charge in [-0.15, -0.1) is 0 Å². The fourth-order valence-corrected chi connectivity index (χ4v) is 3.85. The minimum absolute atomic E-state index is 0.0410. The first-order valence-corrected chi connectivity index (χ1v) is 10.1. The highest BCUT2D eigenvalue weighted by atomic mass is 16.7. The van der Waals surface area contributed by atoms with E-state index in [1.165, 1.54) is 7.11 Å². The summed E-state index contributed by atoms with van der Waals surface area (Å²) in [5.74, 6) is -1.72. The summed E-state index contributed by atoms with van der Waals surface area (Å²) < 4.78 is 16.1. The molecular formula is C19H31NO12. The van der Waals surface area contributed by atoms with Crippen LogP contribution in [0.3, 0.4) is 0 Å². The van der Waals surface area contributed by atoms with Gasteiger partial charge in [-0.2, -0.15) is 0 Å². The zero-order valence-electron chi connectivity index (χ0n) is 17.6. The van der Waals surface area contributed by atoms with Gasteiger partial charge < -0.3 is 55.3 Å². The summed E-state index contributed by atoms with van der Waals surface area (Å²) in [5, 5.41) is 70.9. The Morgan fingerprint density at radius 1 is 1.22 bits per heavy atom. The number of aliphatic hydroxyl groups excluding tert-OH is 6. The molecule has 1 unspecified atom stereocenters. The van der Waals surface area contributed by atoms with Crippen LogP contribution in [0.15, 0.2) is 11.5 Å². The third-order valence-corrected chi connectivity index (χ3v) is 5.53.